The molecule has 0 unspecified atom stereocenters. The highest BCUT2D eigenvalue weighted by Gasteiger charge is 2.79. The fourth-order valence-corrected chi connectivity index (χ4v) is 16.1. The van der Waals surface area contributed by atoms with E-state index in [-0.39, 0.29) is 0 Å². The molecule has 0 atom stereocenters. The molecule has 0 radical (unpaired) electrons. The lowest BCUT2D eigenvalue weighted by Crippen LogP contribution is -2.16. The van der Waals surface area contributed by atoms with Crippen LogP contribution in [0.2, 0.25) is 0 Å². The zero-order chi connectivity index (χ0) is 60.8. The largest absolute Gasteiger partial charge is 0.311 e. The molecular weight excluding hydrogens is 1280 g/mol. The highest BCUT2D eigenvalue weighted by atomic mass is 32.5. The van der Waals surface area contributed by atoms with Crippen molar-refractivity contribution in [1.29, 1.82) is 31.6 Å². The highest BCUT2D eigenvalue weighted by Crippen LogP contribution is 3.12. The minimum absolute atomic E-state index is 0.593. The van der Waals surface area contributed by atoms with Crippen LogP contribution in [-0.2, 0) is 0 Å². The van der Waals surface area contributed by atoms with Crippen molar-refractivity contribution in [3.63, 3.8) is 0 Å². The molecule has 0 saturated carbocycles. The van der Waals surface area contributed by atoms with Gasteiger partial charge < -0.3 is 0 Å². The summed E-state index contributed by atoms with van der Waals surface area (Å²) >= 11 is 0. The van der Waals surface area contributed by atoms with Crippen molar-refractivity contribution in [2.24, 2.45) is 0 Å². The van der Waals surface area contributed by atoms with Gasteiger partial charge in [0.2, 0.25) is 0 Å². The van der Waals surface area contributed by atoms with Crippen molar-refractivity contribution in [2.45, 2.75) is 29.4 Å². The molecule has 0 N–H and O–H groups in total. The number of rotatable bonds is 6. The quantitative estimate of drug-likeness (QED) is 0.120. The molecule has 6 nitrogen and oxygen atoms in total. The Balaban J connectivity index is 2.08. The van der Waals surface area contributed by atoms with Gasteiger partial charge in [-0.05, 0) is 86.5 Å². The number of hydrogen-bond acceptors (Lipinski definition) is 6. The van der Waals surface area contributed by atoms with Crippen molar-refractivity contribution < 1.29 is 117 Å². The maximum atomic E-state index is 14.9. The van der Waals surface area contributed by atoms with E-state index in [1.54, 1.807) is 0 Å². The van der Waals surface area contributed by atoms with Crippen LogP contribution in [-0.4, -0.2) is 0 Å². The molecule has 78 heavy (non-hydrogen) atoms. The molecule has 42 heteroatoms. The van der Waals surface area contributed by atoms with Gasteiger partial charge in [0.1, 0.15) is 82.5 Å². The number of nitrogens with zero attached hydrogens (tertiary/aromatic N) is 6. The SMILES string of the molecule is N#CC(C#N)=C1c2cc(S(F)(F)(F)(F)F)c(S(F)(F)(F)(F)F)cc2-c2c1c1c(c3c2C(=C(C#N)C#N)c2cc(S(F)(F)(F)(F)F)c(S(F)(F)(F)(F)F)cc2-3)C(=C(C#N)C#N)c2cc(S(F)(F)(F)(F)F)c(S(F)(F)(F)(F)F)cc2-1. The second-order valence-electron chi connectivity index (χ2n) is 16.5. The van der Waals surface area contributed by atoms with Crippen molar-refractivity contribution in [2.75, 3.05) is 0 Å². The summed E-state index contributed by atoms with van der Waals surface area (Å²) < 4.78 is 444. The first kappa shape index (κ1) is 58.7. The van der Waals surface area contributed by atoms with Crippen LogP contribution in [0.3, 0.4) is 0 Å². The molecule has 3 aliphatic carbocycles. The van der Waals surface area contributed by atoms with Gasteiger partial charge in [-0.2, -0.15) is 31.6 Å². The molecular formula is C36H6F30N6S6. The molecule has 0 aromatic heterocycles. The average Bonchev–Trinajstić information content (AvgIpc) is 3.79. The van der Waals surface area contributed by atoms with Crippen molar-refractivity contribution in [3.05, 3.63) is 86.5 Å². The minimum Gasteiger partial charge on any atom is -0.192 e. The van der Waals surface area contributed by atoms with E-state index in [2.05, 4.69) is 0 Å². The van der Waals surface area contributed by atoms with Gasteiger partial charge in [0.15, 0.2) is 0 Å². The van der Waals surface area contributed by atoms with E-state index in [1.807, 2.05) is 0 Å². The molecule has 0 amide bonds. The molecule has 4 aromatic carbocycles. The van der Waals surface area contributed by atoms with Crippen LogP contribution in [0.1, 0.15) is 33.4 Å². The van der Waals surface area contributed by atoms with Crippen LogP contribution < -0.4 is 0 Å². The number of allylic oxidation sites excluding steroid dienone is 3. The van der Waals surface area contributed by atoms with E-state index in [0.29, 0.717) is 36.4 Å². The monoisotopic (exact) mass is 1280 g/mol. The maximum absolute atomic E-state index is 14.9. The molecule has 0 spiro atoms. The van der Waals surface area contributed by atoms with Gasteiger partial charge in [0.25, 0.3) is 0 Å². The Morgan fingerprint density at radius 3 is 0.462 bits per heavy atom. The third-order valence-electron chi connectivity index (χ3n) is 11.0. The van der Waals surface area contributed by atoms with Gasteiger partial charge in [-0.25, -0.2) is 0 Å². The summed E-state index contributed by atoms with van der Waals surface area (Å²) in [6.45, 7) is 0. The van der Waals surface area contributed by atoms with Crippen LogP contribution in [0.15, 0.2) is 82.5 Å². The van der Waals surface area contributed by atoms with Crippen molar-refractivity contribution >= 4 is 78.1 Å². The lowest BCUT2D eigenvalue weighted by atomic mass is 9.82. The molecule has 4 aromatic rings. The fourth-order valence-electron chi connectivity index (χ4n) is 8.63. The predicted molar refractivity (Wildman–Crippen MR) is 223 cm³/mol. The summed E-state index contributed by atoms with van der Waals surface area (Å²) in [6.07, 6.45) is 0. The number of nitriles is 6. The Morgan fingerprint density at radius 1 is 0.218 bits per heavy atom. The van der Waals surface area contributed by atoms with E-state index >= 15 is 0 Å². The zero-order valence-corrected chi connectivity index (χ0v) is 39.8. The molecule has 426 valence electrons. The normalized spacial score (nSPS) is 19.5. The molecule has 0 fully saturated rings. The van der Waals surface area contributed by atoms with E-state index in [9.17, 15) is 148 Å². The summed E-state index contributed by atoms with van der Waals surface area (Å²) in [5, 5.41) is 59.9. The lowest BCUT2D eigenvalue weighted by Gasteiger charge is -2.48. The van der Waals surface area contributed by atoms with Crippen molar-refractivity contribution in [1.82, 2.24) is 0 Å². The van der Waals surface area contributed by atoms with E-state index in [1.165, 1.54) is 0 Å². The molecule has 0 aliphatic heterocycles. The molecule has 0 bridgehead atoms. The zero-order valence-electron chi connectivity index (χ0n) is 34.9. The number of fused-ring (bicyclic) bond motifs is 12. The summed E-state index contributed by atoms with van der Waals surface area (Å²) in [7, 11) is -76.0. The van der Waals surface area contributed by atoms with Crippen LogP contribution in [0.25, 0.3) is 50.1 Å². The highest BCUT2D eigenvalue weighted by molar-refractivity contribution is 8.49. The number of benzene rings is 4. The third-order valence-corrected chi connectivity index (χ3v) is 18.4. The van der Waals surface area contributed by atoms with E-state index < -0.39 is 227 Å². The second kappa shape index (κ2) is 12.0. The smallest absolute Gasteiger partial charge is 0.192 e. The minimum atomic E-state index is -12.7. The molecule has 7 rings (SSSR count). The topological polar surface area (TPSA) is 143 Å². The Morgan fingerprint density at radius 2 is 0.346 bits per heavy atom. The Bertz CT molecular complexity index is 3660. The van der Waals surface area contributed by atoms with Crippen molar-refractivity contribution in [3.8, 4) is 69.8 Å². The molecule has 3 aliphatic rings. The Hall–Kier alpha value is -6.96. The summed E-state index contributed by atoms with van der Waals surface area (Å²) in [4.78, 5) is -29.5. The van der Waals surface area contributed by atoms with E-state index in [0.717, 1.165) is 0 Å². The third kappa shape index (κ3) is 9.33. The van der Waals surface area contributed by atoms with Gasteiger partial charge in [0.05, 0.1) is 0 Å². The van der Waals surface area contributed by atoms with Gasteiger partial charge in [0, 0.05) is 33.4 Å². The first-order valence-corrected chi connectivity index (χ1v) is 29.9. The van der Waals surface area contributed by atoms with Crippen LogP contribution >= 0.6 is 61.3 Å². The van der Waals surface area contributed by atoms with E-state index in [4.69, 9.17) is 0 Å². The first-order valence-electron chi connectivity index (χ1n) is 18.2. The van der Waals surface area contributed by atoms with Crippen LogP contribution in [0.5, 0.6) is 0 Å². The van der Waals surface area contributed by atoms with Crippen LogP contribution in [0, 0.1) is 68.0 Å². The maximum Gasteiger partial charge on any atom is 0.311 e. The molecule has 0 saturated heterocycles. The Labute approximate surface area is 410 Å². The average molecular weight is 1280 g/mol. The standard InChI is InChI=1S/C36H6F30N6S6/c37-73(38,39,40,41)22-1-16-19(4-25(22)76(52,53,54,55)56)31-34(28(16)13(7-67)8-68)32-20-5-26(77(57,58,59,60)61)23(74(42,43,44,45)46)2-17(20)30(15(11-71)12-72)36(32)33-21-6-27(78(62,63,64,65)66)24(75(47,48,49,50)51)3-18(21)29(35(31)33)14(9-69)10-70/h1-6H. The summed E-state index contributed by atoms with van der Waals surface area (Å²) in [5.74, 6) is 0. The first-order chi connectivity index (χ1) is 33.3. The van der Waals surface area contributed by atoms with Gasteiger partial charge in [-0.1, -0.05) is 117 Å². The van der Waals surface area contributed by atoms with Gasteiger partial charge in [-0.15, -0.1) is 0 Å². The molecule has 0 heterocycles. The predicted octanol–water partition coefficient (Wildman–Crippen LogP) is 23.1. The second-order valence-corrected chi connectivity index (χ2v) is 30.8. The van der Waals surface area contributed by atoms with Gasteiger partial charge in [-0.3, -0.25) is 0 Å². The van der Waals surface area contributed by atoms with Gasteiger partial charge >= 0.3 is 61.3 Å². The summed E-state index contributed by atoms with van der Waals surface area (Å²) in [6, 6.07) is -7.52. The fraction of sp³-hybridized carbons (Fsp3) is 0. The number of halogens is 30. The summed E-state index contributed by atoms with van der Waals surface area (Å²) in [5.41, 5.74) is -44.3. The Kier molecular flexibility index (Phi) is 9.01. The van der Waals surface area contributed by atoms with Crippen LogP contribution in [0.4, 0.5) is 117 Å². The lowest BCUT2D eigenvalue weighted by molar-refractivity contribution is 0.336. The number of hydrogen-bond donors (Lipinski definition) is 0.